The van der Waals surface area contributed by atoms with E-state index in [0.717, 1.165) is 23.7 Å². The lowest BCUT2D eigenvalue weighted by molar-refractivity contribution is 0.0492. The van der Waals surface area contributed by atoms with Gasteiger partial charge in [-0.25, -0.2) is 4.79 Å². The molecule has 0 spiro atoms. The number of hydrogen-bond acceptors (Lipinski definition) is 3. The summed E-state index contributed by atoms with van der Waals surface area (Å²) >= 11 is 0. The van der Waals surface area contributed by atoms with Gasteiger partial charge in [-0.15, -0.1) is 0 Å². The van der Waals surface area contributed by atoms with Crippen LogP contribution in [-0.4, -0.2) is 17.6 Å². The zero-order valence-electron chi connectivity index (χ0n) is 12.7. The third-order valence-corrected chi connectivity index (χ3v) is 3.60. The van der Waals surface area contributed by atoms with Crippen LogP contribution in [0, 0.1) is 0 Å². The van der Waals surface area contributed by atoms with Crippen molar-refractivity contribution >= 4 is 22.6 Å². The third kappa shape index (κ3) is 4.52. The number of aromatic amines is 1. The second kappa shape index (κ2) is 7.72. The smallest absolute Gasteiger partial charge is 0.354 e. The Morgan fingerprint density at radius 2 is 1.90 bits per heavy atom. The van der Waals surface area contributed by atoms with Crippen LogP contribution in [0.5, 0.6) is 0 Å². The molecule has 1 aromatic heterocycles. The Labute approximate surface area is 125 Å². The number of aromatic nitrogens is 1. The van der Waals surface area contributed by atoms with Gasteiger partial charge in [-0.2, -0.15) is 0 Å². The largest absolute Gasteiger partial charge is 0.461 e. The molecule has 0 aliphatic heterocycles. The molecule has 0 amide bonds. The van der Waals surface area contributed by atoms with Gasteiger partial charge in [0, 0.05) is 16.6 Å². The number of nitrogens with two attached hydrogens (primary N) is 1. The van der Waals surface area contributed by atoms with E-state index in [0.29, 0.717) is 18.0 Å². The minimum Gasteiger partial charge on any atom is -0.461 e. The van der Waals surface area contributed by atoms with E-state index in [-0.39, 0.29) is 5.97 Å². The Morgan fingerprint density at radius 3 is 2.71 bits per heavy atom. The molecule has 4 heteroatoms. The fraction of sp³-hybridized carbons (Fsp3) is 0.471. The lowest BCUT2D eigenvalue weighted by atomic mass is 10.1. The van der Waals surface area contributed by atoms with Crippen molar-refractivity contribution in [2.45, 2.75) is 45.4 Å². The normalized spacial score (nSPS) is 10.9. The molecule has 2 rings (SSSR count). The Hall–Kier alpha value is -1.97. The highest BCUT2D eigenvalue weighted by Gasteiger charge is 2.10. The van der Waals surface area contributed by atoms with Crippen molar-refractivity contribution in [2.75, 3.05) is 12.3 Å². The number of anilines is 1. The highest BCUT2D eigenvalue weighted by Crippen LogP contribution is 2.19. The van der Waals surface area contributed by atoms with Crippen LogP contribution >= 0.6 is 0 Å². The van der Waals surface area contributed by atoms with E-state index in [2.05, 4.69) is 11.9 Å². The maximum atomic E-state index is 11.9. The Morgan fingerprint density at radius 1 is 1.14 bits per heavy atom. The number of H-pyrrole nitrogens is 1. The molecule has 0 saturated carbocycles. The number of ether oxygens (including phenoxy) is 1. The van der Waals surface area contributed by atoms with Gasteiger partial charge in [0.1, 0.15) is 5.69 Å². The molecule has 3 N–H and O–H groups in total. The molecule has 0 radical (unpaired) electrons. The molecule has 0 aliphatic carbocycles. The summed E-state index contributed by atoms with van der Waals surface area (Å²) in [5.74, 6) is -0.293. The summed E-state index contributed by atoms with van der Waals surface area (Å²) in [6.07, 6.45) is 7.09. The van der Waals surface area contributed by atoms with Crippen LogP contribution in [0.25, 0.3) is 10.9 Å². The predicted octanol–water partition coefficient (Wildman–Crippen LogP) is 4.27. The fourth-order valence-corrected chi connectivity index (χ4v) is 2.39. The topological polar surface area (TPSA) is 68.1 Å². The van der Waals surface area contributed by atoms with Gasteiger partial charge in [0.15, 0.2) is 0 Å². The first-order chi connectivity index (χ1) is 10.2. The number of carbonyl (C=O) groups is 1. The summed E-state index contributed by atoms with van der Waals surface area (Å²) in [5.41, 5.74) is 7.80. The van der Waals surface area contributed by atoms with Gasteiger partial charge in [0.2, 0.25) is 0 Å². The molecule has 0 bridgehead atoms. The summed E-state index contributed by atoms with van der Waals surface area (Å²) in [7, 11) is 0. The van der Waals surface area contributed by atoms with E-state index in [4.69, 9.17) is 10.5 Å². The summed E-state index contributed by atoms with van der Waals surface area (Å²) in [4.78, 5) is 15.0. The Bertz CT molecular complexity index is 589. The summed E-state index contributed by atoms with van der Waals surface area (Å²) in [6.45, 7) is 2.69. The van der Waals surface area contributed by atoms with Crippen LogP contribution in [0.4, 0.5) is 5.69 Å². The second-order valence-corrected chi connectivity index (χ2v) is 5.43. The number of carbonyl (C=O) groups excluding carboxylic acids is 1. The zero-order chi connectivity index (χ0) is 15.1. The molecule has 1 heterocycles. The first-order valence-electron chi connectivity index (χ1n) is 7.76. The second-order valence-electron chi connectivity index (χ2n) is 5.43. The Kier molecular flexibility index (Phi) is 5.67. The minimum atomic E-state index is -0.293. The van der Waals surface area contributed by atoms with E-state index < -0.39 is 0 Å². The lowest BCUT2D eigenvalue weighted by Crippen LogP contribution is -2.06. The number of nitrogen functional groups attached to an aromatic ring is 1. The molecule has 0 unspecified atom stereocenters. The molecule has 2 aromatic rings. The lowest BCUT2D eigenvalue weighted by Gasteiger charge is -2.03. The first kappa shape index (κ1) is 15.4. The van der Waals surface area contributed by atoms with Gasteiger partial charge in [-0.3, -0.25) is 0 Å². The highest BCUT2D eigenvalue weighted by atomic mass is 16.5. The average molecular weight is 288 g/mol. The maximum absolute atomic E-state index is 11.9. The molecule has 0 fully saturated rings. The molecule has 0 atom stereocenters. The van der Waals surface area contributed by atoms with E-state index >= 15 is 0 Å². The number of nitrogens with one attached hydrogen (secondary N) is 1. The van der Waals surface area contributed by atoms with Gasteiger partial charge in [-0.1, -0.05) is 39.0 Å². The van der Waals surface area contributed by atoms with Crippen molar-refractivity contribution in [1.29, 1.82) is 0 Å². The van der Waals surface area contributed by atoms with Gasteiger partial charge >= 0.3 is 5.97 Å². The molecule has 1 aromatic carbocycles. The number of fused-ring (bicyclic) bond motifs is 1. The summed E-state index contributed by atoms with van der Waals surface area (Å²) in [6, 6.07) is 7.31. The predicted molar refractivity (Wildman–Crippen MR) is 86.4 cm³/mol. The van der Waals surface area contributed by atoms with Gasteiger partial charge in [0.05, 0.1) is 6.61 Å². The summed E-state index contributed by atoms with van der Waals surface area (Å²) < 4.78 is 5.29. The number of benzene rings is 1. The van der Waals surface area contributed by atoms with E-state index in [9.17, 15) is 4.79 Å². The van der Waals surface area contributed by atoms with Crippen LogP contribution in [0.15, 0.2) is 24.3 Å². The molecule has 0 aliphatic rings. The van der Waals surface area contributed by atoms with Gasteiger partial charge < -0.3 is 15.5 Å². The van der Waals surface area contributed by atoms with Crippen LogP contribution in [0.1, 0.15) is 55.9 Å². The number of unbranched alkanes of at least 4 members (excludes halogenated alkanes) is 5. The summed E-state index contributed by atoms with van der Waals surface area (Å²) in [5, 5.41) is 0.932. The minimum absolute atomic E-state index is 0.293. The van der Waals surface area contributed by atoms with Crippen molar-refractivity contribution in [3.63, 3.8) is 0 Å². The number of hydrogen-bond donors (Lipinski definition) is 2. The van der Waals surface area contributed by atoms with E-state index in [1.54, 1.807) is 6.07 Å². The molecular weight excluding hydrogens is 264 g/mol. The molecular formula is C17H24N2O2. The Balaban J connectivity index is 1.77. The molecule has 0 saturated heterocycles. The van der Waals surface area contributed by atoms with Crippen molar-refractivity contribution in [3.8, 4) is 0 Å². The van der Waals surface area contributed by atoms with Gasteiger partial charge in [-0.05, 0) is 30.7 Å². The monoisotopic (exact) mass is 288 g/mol. The first-order valence-corrected chi connectivity index (χ1v) is 7.76. The van der Waals surface area contributed by atoms with Crippen LogP contribution in [-0.2, 0) is 4.74 Å². The van der Waals surface area contributed by atoms with Crippen molar-refractivity contribution < 1.29 is 9.53 Å². The maximum Gasteiger partial charge on any atom is 0.354 e. The average Bonchev–Trinajstić information content (AvgIpc) is 2.89. The van der Waals surface area contributed by atoms with Crippen LogP contribution < -0.4 is 5.73 Å². The zero-order valence-corrected chi connectivity index (χ0v) is 12.7. The van der Waals surface area contributed by atoms with Crippen molar-refractivity contribution in [1.82, 2.24) is 4.98 Å². The number of esters is 1. The van der Waals surface area contributed by atoms with Crippen molar-refractivity contribution in [2.24, 2.45) is 0 Å². The SMILES string of the molecule is CCCCCCCCOC(=O)c1cc2cc(N)ccc2[nH]1. The van der Waals surface area contributed by atoms with Gasteiger partial charge in [0.25, 0.3) is 0 Å². The van der Waals surface area contributed by atoms with E-state index in [1.807, 2.05) is 18.2 Å². The van der Waals surface area contributed by atoms with Crippen LogP contribution in [0.3, 0.4) is 0 Å². The molecule has 114 valence electrons. The standard InChI is InChI=1S/C17H24N2O2/c1-2-3-4-5-6-7-10-21-17(20)16-12-13-11-14(18)8-9-15(13)19-16/h8-9,11-12,19H,2-7,10,18H2,1H3. The molecule has 4 nitrogen and oxygen atoms in total. The number of rotatable bonds is 8. The van der Waals surface area contributed by atoms with E-state index in [1.165, 1.54) is 25.7 Å². The van der Waals surface area contributed by atoms with Crippen molar-refractivity contribution in [3.05, 3.63) is 30.0 Å². The molecule has 21 heavy (non-hydrogen) atoms. The fourth-order valence-electron chi connectivity index (χ4n) is 2.39. The van der Waals surface area contributed by atoms with Crippen LogP contribution in [0.2, 0.25) is 0 Å². The third-order valence-electron chi connectivity index (χ3n) is 3.60. The highest BCUT2D eigenvalue weighted by molar-refractivity contribution is 5.95. The quantitative estimate of drug-likeness (QED) is 0.433.